The first kappa shape index (κ1) is 8.73. The number of nitrogens with two attached hydrogens (primary N) is 1. The summed E-state index contributed by atoms with van der Waals surface area (Å²) < 4.78 is 9.31. The highest BCUT2D eigenvalue weighted by Gasteiger charge is 2.14. The lowest BCUT2D eigenvalue weighted by Crippen LogP contribution is -2.09. The molecule has 12 heavy (non-hydrogen) atoms. The molecule has 1 aromatic rings. The van der Waals surface area contributed by atoms with Crippen molar-refractivity contribution in [2.45, 2.75) is 13.5 Å². The molecule has 0 amide bonds. The van der Waals surface area contributed by atoms with E-state index in [1.165, 1.54) is 6.26 Å². The van der Waals surface area contributed by atoms with E-state index in [-0.39, 0.29) is 6.54 Å². The van der Waals surface area contributed by atoms with Crippen molar-refractivity contribution in [2.75, 3.05) is 6.61 Å². The monoisotopic (exact) mass is 170 g/mol. The van der Waals surface area contributed by atoms with E-state index in [0.717, 1.165) is 0 Å². The molecule has 0 radical (unpaired) electrons. The molecule has 0 unspecified atom stereocenters. The third kappa shape index (κ3) is 1.62. The van der Waals surface area contributed by atoms with Gasteiger partial charge in [0, 0.05) is 6.54 Å². The van der Waals surface area contributed by atoms with Crippen molar-refractivity contribution in [3.05, 3.63) is 17.5 Å². The Kier molecular flexibility index (Phi) is 2.82. The van der Waals surface area contributed by atoms with E-state index in [0.29, 0.717) is 17.9 Å². The quantitative estimate of drug-likeness (QED) is 0.660. The van der Waals surface area contributed by atoms with E-state index in [9.17, 15) is 4.79 Å². The average Bonchev–Trinajstić information content (AvgIpc) is 2.51. The number of esters is 1. The smallest absolute Gasteiger partial charge is 0.343 e. The lowest BCUT2D eigenvalue weighted by molar-refractivity contribution is 0.0524. The van der Waals surface area contributed by atoms with Gasteiger partial charge in [-0.15, -0.1) is 0 Å². The van der Waals surface area contributed by atoms with Crippen LogP contribution in [0.4, 0.5) is 0 Å². The Morgan fingerprint density at radius 1 is 1.83 bits per heavy atom. The number of hydrogen-bond acceptors (Lipinski definition) is 5. The Morgan fingerprint density at radius 3 is 3.17 bits per heavy atom. The number of carbonyl (C=O) groups excluding carboxylic acids is 1. The summed E-state index contributed by atoms with van der Waals surface area (Å²) in [5.74, 6) is -0.445. The van der Waals surface area contributed by atoms with Gasteiger partial charge in [-0.05, 0) is 6.92 Å². The van der Waals surface area contributed by atoms with Gasteiger partial charge in [-0.2, -0.15) is 0 Å². The minimum Gasteiger partial charge on any atom is -0.462 e. The minimum atomic E-state index is -0.445. The molecule has 66 valence electrons. The zero-order chi connectivity index (χ0) is 8.97. The first-order valence-corrected chi connectivity index (χ1v) is 3.60. The molecule has 0 fully saturated rings. The highest BCUT2D eigenvalue weighted by Crippen LogP contribution is 2.07. The highest BCUT2D eigenvalue weighted by molar-refractivity contribution is 5.90. The molecule has 5 nitrogen and oxygen atoms in total. The molecule has 1 rings (SSSR count). The molecule has 0 aliphatic rings. The maximum Gasteiger partial charge on any atom is 0.343 e. The second kappa shape index (κ2) is 3.87. The first-order valence-electron chi connectivity index (χ1n) is 3.60. The molecule has 1 heterocycles. The summed E-state index contributed by atoms with van der Waals surface area (Å²) in [7, 11) is 0. The molecule has 5 heteroatoms. The Morgan fingerprint density at radius 2 is 2.58 bits per heavy atom. The molecule has 2 N–H and O–H groups in total. The molecule has 0 atom stereocenters. The largest absolute Gasteiger partial charge is 0.462 e. The van der Waals surface area contributed by atoms with Crippen molar-refractivity contribution in [3.8, 4) is 0 Å². The summed E-state index contributed by atoms with van der Waals surface area (Å²) in [6.45, 7) is 2.23. The van der Waals surface area contributed by atoms with E-state index in [2.05, 4.69) is 9.68 Å². The van der Waals surface area contributed by atoms with Gasteiger partial charge < -0.3 is 15.0 Å². The molecule has 1 aromatic heterocycles. The van der Waals surface area contributed by atoms with Gasteiger partial charge in [-0.3, -0.25) is 0 Å². The Balaban J connectivity index is 2.79. The number of nitrogens with zero attached hydrogens (tertiary/aromatic N) is 1. The predicted octanol–water partition coefficient (Wildman–Crippen LogP) is 0.310. The normalized spacial score (nSPS) is 9.83. The molecule has 0 bridgehead atoms. The van der Waals surface area contributed by atoms with Gasteiger partial charge in [0.2, 0.25) is 0 Å². The van der Waals surface area contributed by atoms with Crippen LogP contribution in [0.15, 0.2) is 10.8 Å². The van der Waals surface area contributed by atoms with Crippen LogP contribution >= 0.6 is 0 Å². The second-order valence-corrected chi connectivity index (χ2v) is 2.10. The fraction of sp³-hybridized carbons (Fsp3) is 0.429. The Bertz CT molecular complexity index is 269. The molecule has 0 aromatic carbocycles. The van der Waals surface area contributed by atoms with E-state index in [4.69, 9.17) is 10.5 Å². The van der Waals surface area contributed by atoms with Gasteiger partial charge in [0.1, 0.15) is 17.5 Å². The van der Waals surface area contributed by atoms with Crippen molar-refractivity contribution in [1.82, 2.24) is 5.16 Å². The average molecular weight is 170 g/mol. The molecule has 0 spiro atoms. The summed E-state index contributed by atoms with van der Waals surface area (Å²) in [5.41, 5.74) is 6.03. The van der Waals surface area contributed by atoms with Crippen LogP contribution < -0.4 is 5.73 Å². The van der Waals surface area contributed by atoms with Crippen molar-refractivity contribution >= 4 is 5.97 Å². The van der Waals surface area contributed by atoms with Crippen LogP contribution in [0.25, 0.3) is 0 Å². The van der Waals surface area contributed by atoms with Crippen molar-refractivity contribution in [1.29, 1.82) is 0 Å². The SMILES string of the molecule is CCOC(=O)c1conc1CN. The van der Waals surface area contributed by atoms with Crippen LogP contribution in [-0.4, -0.2) is 17.7 Å². The highest BCUT2D eigenvalue weighted by atomic mass is 16.5. The van der Waals surface area contributed by atoms with Crippen molar-refractivity contribution in [3.63, 3.8) is 0 Å². The lowest BCUT2D eigenvalue weighted by Gasteiger charge is -1.98. The van der Waals surface area contributed by atoms with Gasteiger partial charge in [-0.1, -0.05) is 5.16 Å². The summed E-state index contributed by atoms with van der Waals surface area (Å²) in [5, 5.41) is 3.54. The molecular formula is C7H10N2O3. The van der Waals surface area contributed by atoms with E-state index < -0.39 is 5.97 Å². The van der Waals surface area contributed by atoms with Crippen molar-refractivity contribution < 1.29 is 14.1 Å². The van der Waals surface area contributed by atoms with Crippen LogP contribution in [0.2, 0.25) is 0 Å². The number of aromatic nitrogens is 1. The van der Waals surface area contributed by atoms with Crippen molar-refractivity contribution in [2.24, 2.45) is 5.73 Å². The lowest BCUT2D eigenvalue weighted by atomic mass is 10.2. The summed E-state index contributed by atoms with van der Waals surface area (Å²) in [4.78, 5) is 11.1. The maximum atomic E-state index is 11.1. The zero-order valence-corrected chi connectivity index (χ0v) is 6.74. The molecule has 0 aliphatic carbocycles. The fourth-order valence-electron chi connectivity index (χ4n) is 0.782. The number of carbonyl (C=O) groups is 1. The van der Waals surface area contributed by atoms with E-state index >= 15 is 0 Å². The molecular weight excluding hydrogens is 160 g/mol. The molecule has 0 saturated heterocycles. The number of rotatable bonds is 3. The van der Waals surface area contributed by atoms with Crippen LogP contribution in [-0.2, 0) is 11.3 Å². The van der Waals surface area contributed by atoms with Crippen LogP contribution in [0, 0.1) is 0 Å². The number of hydrogen-bond donors (Lipinski definition) is 1. The van der Waals surface area contributed by atoms with Gasteiger partial charge in [0.25, 0.3) is 0 Å². The van der Waals surface area contributed by atoms with Crippen LogP contribution in [0.1, 0.15) is 23.0 Å². The Hall–Kier alpha value is -1.36. The van der Waals surface area contributed by atoms with Crippen LogP contribution in [0.5, 0.6) is 0 Å². The van der Waals surface area contributed by atoms with Gasteiger partial charge in [-0.25, -0.2) is 4.79 Å². The van der Waals surface area contributed by atoms with E-state index in [1.807, 2.05) is 0 Å². The first-order chi connectivity index (χ1) is 5.79. The summed E-state index contributed by atoms with van der Waals surface area (Å²) in [6.07, 6.45) is 1.24. The zero-order valence-electron chi connectivity index (χ0n) is 6.74. The second-order valence-electron chi connectivity index (χ2n) is 2.10. The summed E-state index contributed by atoms with van der Waals surface area (Å²) in [6, 6.07) is 0. The van der Waals surface area contributed by atoms with Gasteiger partial charge >= 0.3 is 5.97 Å². The minimum absolute atomic E-state index is 0.171. The fourth-order valence-corrected chi connectivity index (χ4v) is 0.782. The molecule has 0 saturated carbocycles. The van der Waals surface area contributed by atoms with Gasteiger partial charge in [0.15, 0.2) is 0 Å². The van der Waals surface area contributed by atoms with Crippen LogP contribution in [0.3, 0.4) is 0 Å². The topological polar surface area (TPSA) is 78.3 Å². The van der Waals surface area contributed by atoms with E-state index in [1.54, 1.807) is 6.92 Å². The van der Waals surface area contributed by atoms with Gasteiger partial charge in [0.05, 0.1) is 6.61 Å². The summed E-state index contributed by atoms with van der Waals surface area (Å²) >= 11 is 0. The molecule has 0 aliphatic heterocycles. The number of ether oxygens (including phenoxy) is 1. The standard InChI is InChI=1S/C7H10N2O3/c1-2-11-7(10)5-4-12-9-6(5)3-8/h4H,2-3,8H2,1H3. The third-order valence-electron chi connectivity index (χ3n) is 1.33. The predicted molar refractivity (Wildman–Crippen MR) is 40.4 cm³/mol. The third-order valence-corrected chi connectivity index (χ3v) is 1.33. The maximum absolute atomic E-state index is 11.1. The Labute approximate surface area is 69.5 Å².